The molecule has 0 spiro atoms. The Morgan fingerprint density at radius 2 is 1.79 bits per heavy atom. The van der Waals surface area contributed by atoms with E-state index in [1.165, 1.54) is 29.2 Å². The summed E-state index contributed by atoms with van der Waals surface area (Å²) in [6.45, 7) is 7.45. The average Bonchev–Trinajstić information content (AvgIpc) is 4.02. The van der Waals surface area contributed by atoms with Crippen LogP contribution >= 0.6 is 23.9 Å². The van der Waals surface area contributed by atoms with Crippen LogP contribution in [0.4, 0.5) is 34.6 Å². The Bertz CT molecular complexity index is 2280. The zero-order valence-corrected chi connectivity index (χ0v) is 33.1. The van der Waals surface area contributed by atoms with Crippen molar-refractivity contribution in [2.75, 3.05) is 74.1 Å². The number of nitrogens with one attached hydrogen (secondary N) is 2. The minimum atomic E-state index is -0.467. The summed E-state index contributed by atoms with van der Waals surface area (Å²) >= 11 is 3.67. The fraction of sp³-hybridized carbons (Fsp3) is 0.308. The number of aromatic nitrogens is 4. The van der Waals surface area contributed by atoms with Crippen LogP contribution in [0, 0.1) is 0 Å². The third kappa shape index (κ3) is 7.59. The third-order valence-electron chi connectivity index (χ3n) is 9.73. The largest absolute Gasteiger partial charge is 0.494 e. The molecule has 0 atom stereocenters. The van der Waals surface area contributed by atoms with Crippen LogP contribution in [0.1, 0.15) is 30.0 Å². The first kappa shape index (κ1) is 36.4. The minimum absolute atomic E-state index is 0.0244. The number of nitrogens with zero attached hydrogens (tertiary/aromatic N) is 7. The van der Waals surface area contributed by atoms with Gasteiger partial charge in [-0.25, -0.2) is 4.98 Å². The standard InChI is InChI=1S/C39H44BrN10O2P/c1-42-22-25(21-41)27-19-32(34(52-3)20-33(27)49-15-17-50(18-16-49)35-7-6-8-36(51)48(35)2)46-39-43-23-28(40)38(47-39)45-31-14-13-30-26(37(31)53(4)5)11-12-29(44-30)24-9-10-24/h6-8,11-14,19-24H,9-10,15-18,41H2,1-5H3,(H2,43,45,46,47). The second kappa shape index (κ2) is 15.5. The molecule has 5 aromatic rings. The fourth-order valence-electron chi connectivity index (χ4n) is 6.87. The minimum Gasteiger partial charge on any atom is -0.494 e. The number of benzene rings is 2. The maximum atomic E-state index is 12.3. The summed E-state index contributed by atoms with van der Waals surface area (Å²) in [6.07, 6.45) is 7.51. The van der Waals surface area contributed by atoms with Gasteiger partial charge in [0, 0.05) is 116 Å². The number of anilines is 6. The highest BCUT2D eigenvalue weighted by Crippen LogP contribution is 2.42. The summed E-state index contributed by atoms with van der Waals surface area (Å²) in [7, 11) is 4.72. The van der Waals surface area contributed by atoms with E-state index in [0.29, 0.717) is 29.1 Å². The normalized spacial score (nSPS) is 15.1. The van der Waals surface area contributed by atoms with Crippen LogP contribution in [0.2, 0.25) is 0 Å². The highest BCUT2D eigenvalue weighted by molar-refractivity contribution is 9.10. The number of ether oxygens (including phenoxy) is 1. The van der Waals surface area contributed by atoms with E-state index >= 15 is 0 Å². The van der Waals surface area contributed by atoms with Gasteiger partial charge in [-0.15, -0.1) is 0 Å². The van der Waals surface area contributed by atoms with Gasteiger partial charge in [0.15, 0.2) is 0 Å². The van der Waals surface area contributed by atoms with Gasteiger partial charge in [0.25, 0.3) is 5.56 Å². The van der Waals surface area contributed by atoms with Crippen LogP contribution in [-0.4, -0.2) is 79.4 Å². The Hall–Kier alpha value is -5.00. The second-order valence-electron chi connectivity index (χ2n) is 13.4. The number of aliphatic imine (C=N–C) groups is 1. The number of nitrogens with two attached hydrogens (primary N) is 1. The van der Waals surface area contributed by atoms with Gasteiger partial charge in [-0.1, -0.05) is 20.1 Å². The maximum Gasteiger partial charge on any atom is 0.251 e. The van der Waals surface area contributed by atoms with Crippen molar-refractivity contribution in [2.24, 2.45) is 17.8 Å². The third-order valence-corrected chi connectivity index (χ3v) is 11.7. The summed E-state index contributed by atoms with van der Waals surface area (Å²) in [5.41, 5.74) is 12.7. The predicted octanol–water partition coefficient (Wildman–Crippen LogP) is 6.55. The summed E-state index contributed by atoms with van der Waals surface area (Å²) in [6, 6.07) is 18.0. The van der Waals surface area contributed by atoms with Crippen molar-refractivity contribution in [1.82, 2.24) is 19.5 Å². The second-order valence-corrected chi connectivity index (χ2v) is 16.5. The topological polar surface area (TPSA) is 139 Å². The van der Waals surface area contributed by atoms with Crippen LogP contribution in [0.15, 0.2) is 81.3 Å². The molecule has 0 amide bonds. The molecule has 1 saturated heterocycles. The Morgan fingerprint density at radius 1 is 1.02 bits per heavy atom. The van der Waals surface area contributed by atoms with Crippen molar-refractivity contribution in [3.8, 4) is 5.75 Å². The van der Waals surface area contributed by atoms with Crippen molar-refractivity contribution < 1.29 is 4.74 Å². The zero-order chi connectivity index (χ0) is 37.2. The lowest BCUT2D eigenvalue weighted by molar-refractivity contribution is 0.416. The molecule has 3 aromatic heterocycles. The van der Waals surface area contributed by atoms with Crippen molar-refractivity contribution in [3.63, 3.8) is 0 Å². The average molecular weight is 796 g/mol. The van der Waals surface area contributed by atoms with E-state index in [0.717, 1.165) is 64.5 Å². The van der Waals surface area contributed by atoms with E-state index in [1.54, 1.807) is 43.4 Å². The molecule has 2 aromatic carbocycles. The molecule has 1 aliphatic heterocycles. The highest BCUT2D eigenvalue weighted by Gasteiger charge is 2.26. The Labute approximate surface area is 319 Å². The number of methoxy groups -OCH3 is 1. The molecule has 2 fully saturated rings. The number of piperazine rings is 1. The maximum absolute atomic E-state index is 12.3. The first-order chi connectivity index (χ1) is 25.7. The monoisotopic (exact) mass is 794 g/mol. The van der Waals surface area contributed by atoms with E-state index in [1.807, 2.05) is 31.3 Å². The molecule has 4 N–H and O–H groups in total. The van der Waals surface area contributed by atoms with Crippen molar-refractivity contribution in [2.45, 2.75) is 18.8 Å². The Kier molecular flexibility index (Phi) is 10.7. The van der Waals surface area contributed by atoms with Crippen LogP contribution in [0.3, 0.4) is 0 Å². The molecule has 1 aliphatic carbocycles. The van der Waals surface area contributed by atoms with Gasteiger partial charge in [-0.2, -0.15) is 4.98 Å². The first-order valence-electron chi connectivity index (χ1n) is 17.6. The molecule has 0 bridgehead atoms. The SMILES string of the molecule is CN=CC(=CN)c1cc(Nc2ncc(Br)c(Nc3ccc4nc(C5CC5)ccc4c3P(C)C)n2)c(OC)cc1N1CCN(c2cccc(=O)n2C)CC1. The van der Waals surface area contributed by atoms with E-state index in [-0.39, 0.29) is 5.56 Å². The fourth-order valence-corrected chi connectivity index (χ4v) is 8.45. The lowest BCUT2D eigenvalue weighted by atomic mass is 10.0. The number of pyridine rings is 2. The number of hydrogen-bond donors (Lipinski definition) is 3. The predicted molar refractivity (Wildman–Crippen MR) is 224 cm³/mol. The molecule has 53 heavy (non-hydrogen) atoms. The van der Waals surface area contributed by atoms with Gasteiger partial charge >= 0.3 is 0 Å². The summed E-state index contributed by atoms with van der Waals surface area (Å²) in [5.74, 6) is 3.16. The lowest BCUT2D eigenvalue weighted by Crippen LogP contribution is -2.48. The van der Waals surface area contributed by atoms with Crippen LogP contribution in [0.5, 0.6) is 5.75 Å². The molecule has 12 nitrogen and oxygen atoms in total. The molecular formula is C39H44BrN10O2P. The summed E-state index contributed by atoms with van der Waals surface area (Å²) in [4.78, 5) is 35.7. The highest BCUT2D eigenvalue weighted by atomic mass is 79.9. The number of rotatable bonds is 11. The van der Waals surface area contributed by atoms with Crippen molar-refractivity contribution >= 4 is 86.5 Å². The molecule has 7 rings (SSSR count). The number of halogens is 1. The van der Waals surface area contributed by atoms with Gasteiger partial charge in [0.2, 0.25) is 5.95 Å². The molecular weight excluding hydrogens is 751 g/mol. The number of allylic oxidation sites excluding steroid dienone is 1. The lowest BCUT2D eigenvalue weighted by Gasteiger charge is -2.38. The van der Waals surface area contributed by atoms with Gasteiger partial charge in [0.1, 0.15) is 17.4 Å². The molecule has 1 saturated carbocycles. The van der Waals surface area contributed by atoms with Gasteiger partial charge in [-0.05, 0) is 72.4 Å². The van der Waals surface area contributed by atoms with Crippen molar-refractivity contribution in [3.05, 3.63) is 93.1 Å². The van der Waals surface area contributed by atoms with E-state index < -0.39 is 7.92 Å². The molecule has 0 radical (unpaired) electrons. The van der Waals surface area contributed by atoms with Crippen LogP contribution in [0.25, 0.3) is 16.5 Å². The molecule has 14 heteroatoms. The van der Waals surface area contributed by atoms with E-state index in [4.69, 9.17) is 20.4 Å². The van der Waals surface area contributed by atoms with E-state index in [9.17, 15) is 4.79 Å². The first-order valence-corrected chi connectivity index (χ1v) is 20.6. The van der Waals surface area contributed by atoms with Crippen LogP contribution in [-0.2, 0) is 7.05 Å². The van der Waals surface area contributed by atoms with Gasteiger partial charge in [0.05, 0.1) is 22.8 Å². The molecule has 4 heterocycles. The Morgan fingerprint density at radius 3 is 2.49 bits per heavy atom. The van der Waals surface area contributed by atoms with Gasteiger partial charge in [-0.3, -0.25) is 19.3 Å². The zero-order valence-electron chi connectivity index (χ0n) is 30.6. The Balaban J connectivity index is 1.18. The van der Waals surface area contributed by atoms with Crippen LogP contribution < -0.4 is 41.8 Å². The smallest absolute Gasteiger partial charge is 0.251 e. The number of hydrogen-bond acceptors (Lipinski definition) is 11. The molecule has 0 unspecified atom stereocenters. The molecule has 274 valence electrons. The molecule has 2 aliphatic rings. The number of fused-ring (bicyclic) bond motifs is 1. The summed E-state index contributed by atoms with van der Waals surface area (Å²) in [5, 5.41) is 9.43. The van der Waals surface area contributed by atoms with E-state index in [2.05, 4.69) is 83.9 Å². The van der Waals surface area contributed by atoms with Gasteiger partial charge < -0.3 is 30.9 Å². The quantitative estimate of drug-likeness (QED) is 0.0997. The summed E-state index contributed by atoms with van der Waals surface area (Å²) < 4.78 is 8.37. The van der Waals surface area contributed by atoms with Crippen molar-refractivity contribution in [1.29, 1.82) is 0 Å².